The molecule has 0 atom stereocenters. The molecule has 0 aliphatic heterocycles. The zero-order chi connectivity index (χ0) is 108. The normalized spacial score (nSPS) is 10.6. The minimum Gasteiger partial charge on any atom is -0.508 e. The maximum atomic E-state index is 12.7. The van der Waals surface area contributed by atoms with E-state index in [0.29, 0.717) is 85.1 Å². The first-order chi connectivity index (χ1) is 71.9. The number of fused-ring (bicyclic) bond motifs is 3. The van der Waals surface area contributed by atoms with Crippen LogP contribution < -0.4 is 47.5 Å². The lowest BCUT2D eigenvalue weighted by molar-refractivity contribution is -0.0500. The highest BCUT2D eigenvalue weighted by atomic mass is 79.9. The number of ether oxygens (including phenoxy) is 8. The topological polar surface area (TPSA) is 307 Å². The van der Waals surface area contributed by atoms with Crippen LogP contribution in [-0.2, 0) is 36.5 Å². The van der Waals surface area contributed by atoms with E-state index < -0.39 is 34.3 Å². The Morgan fingerprint density at radius 3 is 0.973 bits per heavy atom. The average Bonchev–Trinajstić information content (AvgIpc) is 0.794. The van der Waals surface area contributed by atoms with Crippen molar-refractivity contribution >= 4 is 110 Å². The van der Waals surface area contributed by atoms with E-state index in [-0.39, 0.29) is 64.5 Å². The molecule has 0 aliphatic carbocycles. The molecule has 0 saturated carbocycles. The summed E-state index contributed by atoms with van der Waals surface area (Å²) in [5.41, 5.74) is 0.0339. The number of hydrogen-bond donors (Lipinski definition) is 6. The van der Waals surface area contributed by atoms with E-state index in [1.807, 2.05) is 201 Å². The minimum absolute atomic E-state index is 0.00899. The highest BCUT2D eigenvalue weighted by Gasteiger charge is 2.49. The monoisotopic (exact) mass is 2180 g/mol. The summed E-state index contributed by atoms with van der Waals surface area (Å²) in [4.78, 5) is 48.6. The number of methoxy groups -OCH3 is 4. The molecule has 0 spiro atoms. The van der Waals surface area contributed by atoms with Gasteiger partial charge in [0.15, 0.2) is 28.9 Å². The molecule has 15 aromatic rings. The van der Waals surface area contributed by atoms with Crippen LogP contribution in [0.2, 0.25) is 0 Å². The molecule has 0 fully saturated rings. The van der Waals surface area contributed by atoms with Gasteiger partial charge in [-0.15, -0.1) is 0 Å². The third kappa shape index (κ3) is 43.3. The molecule has 0 unspecified atom stereocenters. The zero-order valence-electron chi connectivity index (χ0n) is 85.3. The first-order valence-electron chi connectivity index (χ1n) is 49.5. The summed E-state index contributed by atoms with van der Waals surface area (Å²) in [7, 11) is -0.883. The molecular formula is C121H132BBr2F3O21S. The maximum absolute atomic E-state index is 12.7. The van der Waals surface area contributed by atoms with E-state index in [1.54, 1.807) is 83.0 Å². The second-order valence-electron chi connectivity index (χ2n) is 34.5. The van der Waals surface area contributed by atoms with Gasteiger partial charge in [0.25, 0.3) is 0 Å². The third-order valence-electron chi connectivity index (χ3n) is 23.0. The van der Waals surface area contributed by atoms with Crippen molar-refractivity contribution in [3.05, 3.63) is 381 Å². The van der Waals surface area contributed by atoms with Gasteiger partial charge in [-0.3, -0.25) is 19.2 Å². The number of carbonyl (C=O) groups excluding carboxylic acids is 4. The number of alkyl halides is 3. The highest BCUT2D eigenvalue weighted by molar-refractivity contribution is 9.10. The van der Waals surface area contributed by atoms with Gasteiger partial charge < -0.3 is 72.6 Å². The Morgan fingerprint density at radius 2 is 0.584 bits per heavy atom. The molecule has 786 valence electrons. The molecule has 0 aromatic heterocycles. The van der Waals surface area contributed by atoms with Crippen molar-refractivity contribution in [2.75, 3.05) is 28.4 Å². The summed E-state index contributed by atoms with van der Waals surface area (Å²) < 4.78 is 110. The summed E-state index contributed by atoms with van der Waals surface area (Å²) >= 11 is 6.87. The summed E-state index contributed by atoms with van der Waals surface area (Å²) in [6, 6.07) is 99.1. The quantitative estimate of drug-likeness (QED) is 0.00516. The standard InChI is InChI=1S/C21H23F3O5S.C20H24O3.C17H15BO3.C17H13BrO.C15H22O3.C13H18O3.C10H7BrO.C8H10O2/c1-2-3-4-8-11-19(25)18-14-17(28-15-16-9-6-5-7-10-16)12-13-20(18)29-30(26,27)21(22,23)24;1-2-3-4-8-11-19(21)18-14-17(12-13-20(18)22)23-15-16-9-6-5-7-10-16;19-18(20)16-8-6-15-11-17(9-7-14(15)10-16)21-12-13-4-2-1-3-5-13;18-16-8-6-15-11-17(9-7-14(15)10-16)19-12-13-4-2-1-3-5-13;1-4-5-6-7-8-14(16)13-11-12(17-2)9-10-15(13)18-3;1-2-3-4-5-6-12(15)11-9-10(14)7-8-13(11)16;11-9-3-1-8-6-10(12)4-2-7(8)5-9;1-9-7-3-5-8(10-2)6-4-7/h5-7,9-10,12-14H,2-4,8,11,15H2,1H3;5-7,9-10,12-14,22H,2-4,8,11,15H2,1H3;1-11,19-20H,12H2;1-11H,12H2;9-11H,4-8H2,1-3H3;7-9,14,16H,2-6H2,1H3;1-6,12H;3-6H,1-2H3. The van der Waals surface area contributed by atoms with Crippen LogP contribution in [-0.4, -0.2) is 103 Å². The number of ketones is 4. The number of halogens is 5. The van der Waals surface area contributed by atoms with Crippen LogP contribution in [0.4, 0.5) is 13.2 Å². The van der Waals surface area contributed by atoms with E-state index in [4.69, 9.17) is 37.9 Å². The average molecular weight is 2180 g/mol. The van der Waals surface area contributed by atoms with Crippen molar-refractivity contribution in [2.45, 2.75) is 188 Å². The minimum atomic E-state index is -5.90. The molecule has 15 rings (SSSR count). The molecule has 0 saturated heterocycles. The van der Waals surface area contributed by atoms with Crippen LogP contribution in [0.1, 0.15) is 220 Å². The van der Waals surface area contributed by atoms with Gasteiger partial charge in [0.1, 0.15) is 95.4 Å². The molecule has 0 radical (unpaired) electrons. The van der Waals surface area contributed by atoms with Crippen molar-refractivity contribution in [1.29, 1.82) is 0 Å². The molecule has 0 amide bonds. The van der Waals surface area contributed by atoms with Gasteiger partial charge in [0.05, 0.1) is 50.7 Å². The van der Waals surface area contributed by atoms with E-state index in [2.05, 4.69) is 93.2 Å². The Hall–Kier alpha value is -14.2. The Bertz CT molecular complexity index is 6650. The van der Waals surface area contributed by atoms with E-state index >= 15 is 0 Å². The van der Waals surface area contributed by atoms with Crippen molar-refractivity contribution in [1.82, 2.24) is 0 Å². The fourth-order valence-corrected chi connectivity index (χ4v) is 15.9. The van der Waals surface area contributed by atoms with E-state index in [1.165, 1.54) is 65.6 Å². The van der Waals surface area contributed by atoms with Gasteiger partial charge in [-0.2, -0.15) is 21.6 Å². The number of hydrogen-bond acceptors (Lipinski definition) is 21. The molecule has 6 N–H and O–H groups in total. The fraction of sp³-hybridized carbons (Fsp3) is 0.273. The smallest absolute Gasteiger partial charge is 0.508 e. The summed E-state index contributed by atoms with van der Waals surface area (Å²) in [5.74, 6) is 4.62. The number of rotatable bonds is 43. The Balaban J connectivity index is 0.000000211. The summed E-state index contributed by atoms with van der Waals surface area (Å²) in [6.45, 7) is 10.2. The molecule has 149 heavy (non-hydrogen) atoms. The summed E-state index contributed by atoms with van der Waals surface area (Å²) in [6.07, 6.45) is 17.4. The second kappa shape index (κ2) is 65.5. The molecular weight excluding hydrogens is 2050 g/mol. The van der Waals surface area contributed by atoms with Crippen LogP contribution >= 0.6 is 31.9 Å². The second-order valence-corrected chi connectivity index (χ2v) is 37.8. The van der Waals surface area contributed by atoms with Gasteiger partial charge in [-0.1, -0.05) is 306 Å². The van der Waals surface area contributed by atoms with Gasteiger partial charge in [0.2, 0.25) is 0 Å². The third-order valence-corrected chi connectivity index (χ3v) is 25.0. The van der Waals surface area contributed by atoms with Crippen LogP contribution in [0, 0.1) is 0 Å². The van der Waals surface area contributed by atoms with Crippen LogP contribution in [0.25, 0.3) is 32.3 Å². The van der Waals surface area contributed by atoms with Crippen molar-refractivity contribution < 1.29 is 113 Å². The maximum Gasteiger partial charge on any atom is 0.534 e. The van der Waals surface area contributed by atoms with Crippen LogP contribution in [0.5, 0.6) is 74.7 Å². The fourth-order valence-electron chi connectivity index (χ4n) is 14.7. The SMILES string of the molecule is Brc1ccc2cc(OCc3ccccc3)ccc2c1.CCCCCCC(=O)c1cc(O)ccc1O.CCCCCCC(=O)c1cc(OC)ccc1OC.CCCCCCC(=O)c1cc(OCc2ccccc2)ccc1O.CCCCCCC(=O)c1cc(OCc2ccccc2)ccc1OS(=O)(=O)C(F)(F)F.COc1ccc(OC)cc1.OB(O)c1ccc2cc(OCc3ccccc3)ccc2c1.Oc1ccc2cc(Br)ccc2c1. The molecule has 28 heteroatoms. The Labute approximate surface area is 889 Å². The first kappa shape index (κ1) is 120. The van der Waals surface area contributed by atoms with E-state index in [9.17, 15) is 71.2 Å². The molecule has 0 bridgehead atoms. The lowest BCUT2D eigenvalue weighted by atomic mass is 9.79. The number of carbonyl (C=O) groups is 4. The summed E-state index contributed by atoms with van der Waals surface area (Å²) in [5, 5.41) is 62.7. The molecule has 21 nitrogen and oxygen atoms in total. The highest BCUT2D eigenvalue weighted by Crippen LogP contribution is 2.36. The lowest BCUT2D eigenvalue weighted by Crippen LogP contribution is -2.29. The van der Waals surface area contributed by atoms with E-state index in [0.717, 1.165) is 160 Å². The largest absolute Gasteiger partial charge is 0.534 e. The molecule has 0 aliphatic rings. The zero-order valence-corrected chi connectivity index (χ0v) is 89.3. The van der Waals surface area contributed by atoms with Crippen molar-refractivity contribution in [3.8, 4) is 74.7 Å². The van der Waals surface area contributed by atoms with Crippen LogP contribution in [0.15, 0.2) is 337 Å². The predicted molar refractivity (Wildman–Crippen MR) is 593 cm³/mol. The number of benzene rings is 15. The number of phenolic OH excluding ortho intramolecular Hbond substituents is 4. The number of unbranched alkanes of at least 4 members (excludes halogenated alkanes) is 12. The number of phenols is 4. The lowest BCUT2D eigenvalue weighted by Gasteiger charge is -2.14. The van der Waals surface area contributed by atoms with Crippen molar-refractivity contribution in [2.24, 2.45) is 0 Å². The van der Waals surface area contributed by atoms with Crippen molar-refractivity contribution in [3.63, 3.8) is 0 Å². The number of aromatic hydroxyl groups is 4. The van der Waals surface area contributed by atoms with Gasteiger partial charge in [0, 0.05) is 34.6 Å². The Kier molecular flexibility index (Phi) is 52.8. The number of Topliss-reactive ketones (excluding diaryl/α,β-unsaturated/α-hetero) is 4. The Morgan fingerprint density at radius 1 is 0.295 bits per heavy atom. The molecule has 0 heterocycles. The predicted octanol–water partition coefficient (Wildman–Crippen LogP) is 30.2. The van der Waals surface area contributed by atoms with Gasteiger partial charge in [-0.25, -0.2) is 0 Å². The van der Waals surface area contributed by atoms with Gasteiger partial charge in [-0.05, 0) is 243 Å². The van der Waals surface area contributed by atoms with Crippen LogP contribution in [0.3, 0.4) is 0 Å². The first-order valence-corrected chi connectivity index (χ1v) is 52.5. The van der Waals surface area contributed by atoms with Gasteiger partial charge >= 0.3 is 22.7 Å². The molecule has 15 aromatic carbocycles.